The SMILES string of the molecule is Nc1cccc(-c2nc3cc(Br)c(F)cc3[nH]2)n1. The normalized spacial score (nSPS) is 11.0. The van der Waals surface area contributed by atoms with Crippen LogP contribution in [0.2, 0.25) is 0 Å². The number of nitrogens with one attached hydrogen (secondary N) is 1. The van der Waals surface area contributed by atoms with Crippen molar-refractivity contribution in [3.05, 3.63) is 40.6 Å². The first-order chi connectivity index (χ1) is 8.63. The number of aromatic nitrogens is 3. The second kappa shape index (κ2) is 4.06. The zero-order valence-electron chi connectivity index (χ0n) is 9.11. The van der Waals surface area contributed by atoms with Crippen LogP contribution in [-0.4, -0.2) is 15.0 Å². The number of rotatable bonds is 1. The van der Waals surface area contributed by atoms with Crippen LogP contribution in [0.4, 0.5) is 10.2 Å². The molecule has 0 radical (unpaired) electrons. The molecule has 18 heavy (non-hydrogen) atoms. The number of nitrogens with two attached hydrogens (primary N) is 1. The van der Waals surface area contributed by atoms with Gasteiger partial charge in [-0.1, -0.05) is 6.07 Å². The molecule has 4 nitrogen and oxygen atoms in total. The van der Waals surface area contributed by atoms with Crippen molar-refractivity contribution in [2.24, 2.45) is 0 Å². The molecule has 0 spiro atoms. The highest BCUT2D eigenvalue weighted by Gasteiger charge is 2.09. The number of imidazole rings is 1. The maximum atomic E-state index is 13.4. The molecule has 0 atom stereocenters. The van der Waals surface area contributed by atoms with Crippen molar-refractivity contribution in [3.8, 4) is 11.5 Å². The van der Waals surface area contributed by atoms with Crippen molar-refractivity contribution in [2.45, 2.75) is 0 Å². The van der Waals surface area contributed by atoms with Crippen molar-refractivity contribution < 1.29 is 4.39 Å². The number of pyridine rings is 1. The molecule has 3 rings (SSSR count). The third kappa shape index (κ3) is 1.84. The van der Waals surface area contributed by atoms with Crippen molar-refractivity contribution in [3.63, 3.8) is 0 Å². The zero-order chi connectivity index (χ0) is 12.7. The Labute approximate surface area is 110 Å². The smallest absolute Gasteiger partial charge is 0.157 e. The molecule has 0 aliphatic heterocycles. The van der Waals surface area contributed by atoms with E-state index in [-0.39, 0.29) is 5.82 Å². The fourth-order valence-corrected chi connectivity index (χ4v) is 2.04. The Morgan fingerprint density at radius 3 is 2.83 bits per heavy atom. The average molecular weight is 307 g/mol. The number of H-pyrrole nitrogens is 1. The van der Waals surface area contributed by atoms with Gasteiger partial charge in [0.05, 0.1) is 15.5 Å². The summed E-state index contributed by atoms with van der Waals surface area (Å²) in [5.41, 5.74) is 7.53. The number of benzene rings is 1. The van der Waals surface area contributed by atoms with Gasteiger partial charge in [-0.2, -0.15) is 0 Å². The number of hydrogen-bond acceptors (Lipinski definition) is 3. The Morgan fingerprint density at radius 2 is 2.06 bits per heavy atom. The van der Waals surface area contributed by atoms with E-state index in [0.29, 0.717) is 32.8 Å². The molecule has 0 fully saturated rings. The number of aromatic amines is 1. The number of nitrogens with zero attached hydrogens (tertiary/aromatic N) is 2. The van der Waals surface area contributed by atoms with Crippen LogP contribution in [0.15, 0.2) is 34.8 Å². The highest BCUT2D eigenvalue weighted by atomic mass is 79.9. The van der Waals surface area contributed by atoms with Crippen molar-refractivity contribution in [2.75, 3.05) is 5.73 Å². The van der Waals surface area contributed by atoms with Crippen LogP contribution in [0.5, 0.6) is 0 Å². The molecule has 0 unspecified atom stereocenters. The minimum Gasteiger partial charge on any atom is -0.384 e. The third-order valence-electron chi connectivity index (χ3n) is 2.54. The summed E-state index contributed by atoms with van der Waals surface area (Å²) in [4.78, 5) is 11.5. The van der Waals surface area contributed by atoms with E-state index in [0.717, 1.165) is 0 Å². The second-order valence-corrected chi connectivity index (χ2v) is 4.67. The number of hydrogen-bond donors (Lipinski definition) is 2. The van der Waals surface area contributed by atoms with Crippen LogP contribution in [0.25, 0.3) is 22.6 Å². The summed E-state index contributed by atoms with van der Waals surface area (Å²) in [5, 5.41) is 0. The molecule has 0 aliphatic rings. The Hall–Kier alpha value is -1.95. The summed E-state index contributed by atoms with van der Waals surface area (Å²) in [5.74, 6) is 0.647. The topological polar surface area (TPSA) is 67.6 Å². The quantitative estimate of drug-likeness (QED) is 0.726. The molecular formula is C12H8BrFN4. The van der Waals surface area contributed by atoms with Gasteiger partial charge in [0.15, 0.2) is 5.82 Å². The molecular weight excluding hydrogens is 299 g/mol. The fourth-order valence-electron chi connectivity index (χ4n) is 1.71. The first-order valence-corrected chi connectivity index (χ1v) is 6.00. The number of nitrogen functional groups attached to an aromatic ring is 1. The van der Waals surface area contributed by atoms with E-state index in [4.69, 9.17) is 5.73 Å². The Bertz CT molecular complexity index is 699. The minimum atomic E-state index is -0.335. The summed E-state index contributed by atoms with van der Waals surface area (Å²) in [6.45, 7) is 0. The predicted molar refractivity (Wildman–Crippen MR) is 71.4 cm³/mol. The van der Waals surface area contributed by atoms with Gasteiger partial charge in [-0.3, -0.25) is 0 Å². The lowest BCUT2D eigenvalue weighted by Crippen LogP contribution is -1.92. The molecule has 0 aliphatic carbocycles. The van der Waals surface area contributed by atoms with E-state index < -0.39 is 0 Å². The van der Waals surface area contributed by atoms with Crippen LogP contribution >= 0.6 is 15.9 Å². The average Bonchev–Trinajstić information content (AvgIpc) is 2.73. The van der Waals surface area contributed by atoms with Gasteiger partial charge in [0.2, 0.25) is 0 Å². The van der Waals surface area contributed by atoms with Crippen LogP contribution < -0.4 is 5.73 Å². The molecule has 3 aromatic rings. The van der Waals surface area contributed by atoms with Gasteiger partial charge in [0.25, 0.3) is 0 Å². The summed E-state index contributed by atoms with van der Waals surface area (Å²) in [7, 11) is 0. The van der Waals surface area contributed by atoms with Crippen LogP contribution in [0.3, 0.4) is 0 Å². The summed E-state index contributed by atoms with van der Waals surface area (Å²) in [6, 6.07) is 8.29. The molecule has 0 amide bonds. The Kier molecular flexibility index (Phi) is 2.52. The number of fused-ring (bicyclic) bond motifs is 1. The molecule has 6 heteroatoms. The predicted octanol–water partition coefficient (Wildman–Crippen LogP) is 3.11. The Balaban J connectivity index is 2.19. The Morgan fingerprint density at radius 1 is 1.22 bits per heavy atom. The lowest BCUT2D eigenvalue weighted by molar-refractivity contribution is 0.623. The molecule has 2 heterocycles. The van der Waals surface area contributed by atoms with E-state index >= 15 is 0 Å². The molecule has 0 saturated carbocycles. The van der Waals surface area contributed by atoms with E-state index in [1.165, 1.54) is 6.07 Å². The summed E-state index contributed by atoms with van der Waals surface area (Å²) < 4.78 is 13.8. The highest BCUT2D eigenvalue weighted by molar-refractivity contribution is 9.10. The fraction of sp³-hybridized carbons (Fsp3) is 0. The van der Waals surface area contributed by atoms with E-state index in [2.05, 4.69) is 30.9 Å². The van der Waals surface area contributed by atoms with Crippen molar-refractivity contribution in [1.82, 2.24) is 15.0 Å². The van der Waals surface area contributed by atoms with Gasteiger partial charge >= 0.3 is 0 Å². The van der Waals surface area contributed by atoms with Crippen molar-refractivity contribution in [1.29, 1.82) is 0 Å². The van der Waals surface area contributed by atoms with Crippen molar-refractivity contribution >= 4 is 32.8 Å². The maximum absolute atomic E-state index is 13.4. The monoisotopic (exact) mass is 306 g/mol. The van der Waals surface area contributed by atoms with Gasteiger partial charge < -0.3 is 10.7 Å². The maximum Gasteiger partial charge on any atom is 0.157 e. The molecule has 0 bridgehead atoms. The molecule has 1 aromatic carbocycles. The molecule has 2 aromatic heterocycles. The third-order valence-corrected chi connectivity index (χ3v) is 3.14. The second-order valence-electron chi connectivity index (χ2n) is 3.82. The standard InChI is InChI=1S/C12H8BrFN4/c13-6-4-9-10(5-7(6)14)18-12(17-9)8-2-1-3-11(15)16-8/h1-5H,(H2,15,16)(H,17,18). The summed E-state index contributed by atoms with van der Waals surface area (Å²) in [6.07, 6.45) is 0. The van der Waals surface area contributed by atoms with E-state index in [1.54, 1.807) is 24.3 Å². The lowest BCUT2D eigenvalue weighted by atomic mass is 10.3. The zero-order valence-corrected chi connectivity index (χ0v) is 10.7. The number of anilines is 1. The first kappa shape index (κ1) is 11.2. The number of halogens is 2. The van der Waals surface area contributed by atoms with Gasteiger partial charge in [0, 0.05) is 6.07 Å². The minimum absolute atomic E-state index is 0.335. The van der Waals surface area contributed by atoms with Crippen LogP contribution in [0.1, 0.15) is 0 Å². The molecule has 3 N–H and O–H groups in total. The first-order valence-electron chi connectivity index (χ1n) is 5.21. The van der Waals surface area contributed by atoms with Crippen LogP contribution in [-0.2, 0) is 0 Å². The molecule has 0 saturated heterocycles. The van der Waals surface area contributed by atoms with Gasteiger partial charge in [0.1, 0.15) is 17.3 Å². The van der Waals surface area contributed by atoms with E-state index in [9.17, 15) is 4.39 Å². The highest BCUT2D eigenvalue weighted by Crippen LogP contribution is 2.24. The van der Waals surface area contributed by atoms with Gasteiger partial charge in [-0.05, 0) is 34.1 Å². The lowest BCUT2D eigenvalue weighted by Gasteiger charge is -1.96. The van der Waals surface area contributed by atoms with Gasteiger partial charge in [-0.15, -0.1) is 0 Å². The molecule has 90 valence electrons. The largest absolute Gasteiger partial charge is 0.384 e. The van der Waals surface area contributed by atoms with Crippen LogP contribution in [0, 0.1) is 5.82 Å². The van der Waals surface area contributed by atoms with E-state index in [1.807, 2.05) is 0 Å². The van der Waals surface area contributed by atoms with Gasteiger partial charge in [-0.25, -0.2) is 14.4 Å². The summed E-state index contributed by atoms with van der Waals surface area (Å²) >= 11 is 3.13.